The fourth-order valence-electron chi connectivity index (χ4n) is 2.00. The van der Waals surface area contributed by atoms with Crippen LogP contribution in [0.2, 0.25) is 0 Å². The molecule has 1 saturated heterocycles. The molecule has 2 rings (SSSR count). The van der Waals surface area contributed by atoms with Crippen LogP contribution in [0.4, 0.5) is 0 Å². The third-order valence-electron chi connectivity index (χ3n) is 2.97. The van der Waals surface area contributed by atoms with Crippen molar-refractivity contribution in [1.29, 1.82) is 0 Å². The van der Waals surface area contributed by atoms with Gasteiger partial charge in [-0.1, -0.05) is 0 Å². The summed E-state index contributed by atoms with van der Waals surface area (Å²) in [7, 11) is 0. The summed E-state index contributed by atoms with van der Waals surface area (Å²) in [6.07, 6.45) is 3.53. The molecule has 1 unspecified atom stereocenters. The van der Waals surface area contributed by atoms with Crippen LogP contribution in [0.3, 0.4) is 0 Å². The largest absolute Gasteiger partial charge is 0.374 e. The van der Waals surface area contributed by atoms with Crippen LogP contribution in [0, 0.1) is 0 Å². The van der Waals surface area contributed by atoms with Crippen molar-refractivity contribution in [2.75, 3.05) is 19.7 Å². The Kier molecular flexibility index (Phi) is 3.78. The average molecular weight is 225 g/mol. The van der Waals surface area contributed by atoms with E-state index in [1.165, 1.54) is 18.4 Å². The summed E-state index contributed by atoms with van der Waals surface area (Å²) in [5, 5.41) is 7.84. The highest BCUT2D eigenvalue weighted by atomic mass is 32.1. The smallest absolute Gasteiger partial charge is 0.0779 e. The molecule has 2 nitrogen and oxygen atoms in total. The average Bonchev–Trinajstić information content (AvgIpc) is 2.84. The molecular formula is C12H19NOS. The first-order chi connectivity index (χ1) is 7.29. The zero-order valence-electron chi connectivity index (χ0n) is 9.29. The fourth-order valence-corrected chi connectivity index (χ4v) is 2.70. The normalized spacial score (nSPS) is 25.9. The van der Waals surface area contributed by atoms with Crippen LogP contribution < -0.4 is 5.32 Å². The number of hydrogen-bond donors (Lipinski definition) is 1. The first-order valence-electron chi connectivity index (χ1n) is 5.64. The van der Waals surface area contributed by atoms with Crippen LogP contribution >= 0.6 is 11.3 Å². The maximum Gasteiger partial charge on any atom is 0.0779 e. The van der Waals surface area contributed by atoms with Gasteiger partial charge >= 0.3 is 0 Å². The monoisotopic (exact) mass is 225 g/mol. The number of nitrogens with one attached hydrogen (secondary N) is 1. The minimum atomic E-state index is 0.0919. The first kappa shape index (κ1) is 11.1. The standard InChI is InChI=1S/C12H19NOS/c1-12(5-2-7-14-12)10-13-6-3-11-4-8-15-9-11/h4,8-9,13H,2-3,5-7,10H2,1H3. The molecule has 0 aromatic carbocycles. The van der Waals surface area contributed by atoms with Gasteiger partial charge in [0.05, 0.1) is 5.60 Å². The molecule has 1 N–H and O–H groups in total. The molecule has 1 aliphatic heterocycles. The van der Waals surface area contributed by atoms with E-state index >= 15 is 0 Å². The van der Waals surface area contributed by atoms with Gasteiger partial charge in [0, 0.05) is 13.2 Å². The minimum absolute atomic E-state index is 0.0919. The summed E-state index contributed by atoms with van der Waals surface area (Å²) in [5.41, 5.74) is 1.53. The highest BCUT2D eigenvalue weighted by Gasteiger charge is 2.28. The Morgan fingerprint density at radius 1 is 1.60 bits per heavy atom. The lowest BCUT2D eigenvalue weighted by molar-refractivity contribution is 0.0211. The maximum atomic E-state index is 5.72. The van der Waals surface area contributed by atoms with E-state index in [9.17, 15) is 0 Å². The van der Waals surface area contributed by atoms with Gasteiger partial charge in [0.1, 0.15) is 0 Å². The molecule has 0 spiro atoms. The Morgan fingerprint density at radius 2 is 2.53 bits per heavy atom. The Balaban J connectivity index is 1.62. The zero-order chi connectivity index (χ0) is 10.6. The van der Waals surface area contributed by atoms with Crippen molar-refractivity contribution in [3.05, 3.63) is 22.4 Å². The van der Waals surface area contributed by atoms with Crippen LogP contribution in [0.1, 0.15) is 25.3 Å². The summed E-state index contributed by atoms with van der Waals surface area (Å²) in [5.74, 6) is 0. The van der Waals surface area contributed by atoms with Crippen LogP contribution in [0.5, 0.6) is 0 Å². The molecule has 0 bridgehead atoms. The molecule has 2 heterocycles. The molecule has 0 radical (unpaired) electrons. The molecular weight excluding hydrogens is 206 g/mol. The summed E-state index contributed by atoms with van der Waals surface area (Å²) >= 11 is 1.77. The topological polar surface area (TPSA) is 21.3 Å². The SMILES string of the molecule is CC1(CNCCc2ccsc2)CCCO1. The Hall–Kier alpha value is -0.380. The lowest BCUT2D eigenvalue weighted by atomic mass is 10.0. The van der Waals surface area contributed by atoms with Gasteiger partial charge in [-0.3, -0.25) is 0 Å². The van der Waals surface area contributed by atoms with Crippen LogP contribution in [0.25, 0.3) is 0 Å². The molecule has 0 saturated carbocycles. The second kappa shape index (κ2) is 5.10. The molecule has 0 aliphatic carbocycles. The van der Waals surface area contributed by atoms with E-state index < -0.39 is 0 Å². The summed E-state index contributed by atoms with van der Waals surface area (Å²) < 4.78 is 5.72. The molecule has 1 aromatic heterocycles. The van der Waals surface area contributed by atoms with Crippen molar-refractivity contribution < 1.29 is 4.74 Å². The Labute approximate surface area is 95.6 Å². The van der Waals surface area contributed by atoms with Crippen molar-refractivity contribution in [1.82, 2.24) is 5.32 Å². The molecule has 1 atom stereocenters. The van der Waals surface area contributed by atoms with Crippen LogP contribution in [-0.2, 0) is 11.2 Å². The predicted molar refractivity (Wildman–Crippen MR) is 64.5 cm³/mol. The molecule has 1 fully saturated rings. The van der Waals surface area contributed by atoms with Crippen molar-refractivity contribution in [2.45, 2.75) is 31.8 Å². The van der Waals surface area contributed by atoms with Gasteiger partial charge in [-0.15, -0.1) is 0 Å². The Bertz CT molecular complexity index is 278. The quantitative estimate of drug-likeness (QED) is 0.777. The second-order valence-electron chi connectivity index (χ2n) is 4.46. The second-order valence-corrected chi connectivity index (χ2v) is 5.24. The van der Waals surface area contributed by atoms with Crippen molar-refractivity contribution in [2.24, 2.45) is 0 Å². The molecule has 1 aromatic rings. The fraction of sp³-hybridized carbons (Fsp3) is 0.667. The molecule has 1 aliphatic rings. The van der Waals surface area contributed by atoms with Gasteiger partial charge in [-0.05, 0) is 55.1 Å². The van der Waals surface area contributed by atoms with Gasteiger partial charge in [0.15, 0.2) is 0 Å². The van der Waals surface area contributed by atoms with E-state index in [1.54, 1.807) is 11.3 Å². The lowest BCUT2D eigenvalue weighted by Crippen LogP contribution is -2.37. The van der Waals surface area contributed by atoms with E-state index in [0.717, 1.165) is 26.1 Å². The van der Waals surface area contributed by atoms with E-state index in [2.05, 4.69) is 29.1 Å². The van der Waals surface area contributed by atoms with E-state index in [4.69, 9.17) is 4.74 Å². The number of thiophene rings is 1. The van der Waals surface area contributed by atoms with Gasteiger partial charge in [-0.25, -0.2) is 0 Å². The third kappa shape index (κ3) is 3.30. The van der Waals surface area contributed by atoms with Crippen molar-refractivity contribution in [3.8, 4) is 0 Å². The van der Waals surface area contributed by atoms with Crippen molar-refractivity contribution >= 4 is 11.3 Å². The van der Waals surface area contributed by atoms with Crippen LogP contribution in [-0.4, -0.2) is 25.3 Å². The summed E-state index contributed by atoms with van der Waals surface area (Å²) in [6, 6.07) is 2.19. The number of rotatable bonds is 5. The predicted octanol–water partition coefficient (Wildman–Crippen LogP) is 2.45. The maximum absolute atomic E-state index is 5.72. The Morgan fingerprint density at radius 3 is 3.20 bits per heavy atom. The molecule has 0 amide bonds. The number of hydrogen-bond acceptors (Lipinski definition) is 3. The van der Waals surface area contributed by atoms with Gasteiger partial charge in [0.25, 0.3) is 0 Å². The highest BCUT2D eigenvalue weighted by Crippen LogP contribution is 2.23. The van der Waals surface area contributed by atoms with Crippen molar-refractivity contribution in [3.63, 3.8) is 0 Å². The van der Waals surface area contributed by atoms with Gasteiger partial charge in [-0.2, -0.15) is 11.3 Å². The summed E-state index contributed by atoms with van der Waals surface area (Å²) in [4.78, 5) is 0. The van der Waals surface area contributed by atoms with E-state index in [-0.39, 0.29) is 5.60 Å². The van der Waals surface area contributed by atoms with Crippen LogP contribution in [0.15, 0.2) is 16.8 Å². The van der Waals surface area contributed by atoms with E-state index in [0.29, 0.717) is 0 Å². The number of ether oxygens (including phenoxy) is 1. The third-order valence-corrected chi connectivity index (χ3v) is 3.70. The minimum Gasteiger partial charge on any atom is -0.374 e. The van der Waals surface area contributed by atoms with E-state index in [1.807, 2.05) is 0 Å². The summed E-state index contributed by atoms with van der Waals surface area (Å²) in [6.45, 7) is 5.17. The van der Waals surface area contributed by atoms with Gasteiger partial charge < -0.3 is 10.1 Å². The zero-order valence-corrected chi connectivity index (χ0v) is 10.1. The lowest BCUT2D eigenvalue weighted by Gasteiger charge is -2.23. The van der Waals surface area contributed by atoms with Gasteiger partial charge in [0.2, 0.25) is 0 Å². The molecule has 15 heavy (non-hydrogen) atoms. The molecule has 84 valence electrons. The molecule has 3 heteroatoms. The first-order valence-corrected chi connectivity index (χ1v) is 6.59. The highest BCUT2D eigenvalue weighted by molar-refractivity contribution is 7.07.